The first-order chi connectivity index (χ1) is 11.2. The van der Waals surface area contributed by atoms with Crippen LogP contribution < -0.4 is 4.74 Å². The van der Waals surface area contributed by atoms with E-state index in [0.29, 0.717) is 17.2 Å². The highest BCUT2D eigenvalue weighted by Gasteiger charge is 2.28. The molecule has 0 N–H and O–H groups in total. The minimum absolute atomic E-state index is 0.0446. The Kier molecular flexibility index (Phi) is 4.43. The van der Waals surface area contributed by atoms with E-state index in [1.807, 2.05) is 36.4 Å². The molecular formula is C20H19NO2. The fourth-order valence-corrected chi connectivity index (χ4v) is 3.07. The van der Waals surface area contributed by atoms with Gasteiger partial charge in [0.15, 0.2) is 0 Å². The van der Waals surface area contributed by atoms with Crippen molar-refractivity contribution in [2.45, 2.75) is 26.2 Å². The van der Waals surface area contributed by atoms with Crippen LogP contribution >= 0.6 is 0 Å². The monoisotopic (exact) mass is 305 g/mol. The third-order valence-electron chi connectivity index (χ3n) is 4.45. The van der Waals surface area contributed by atoms with Gasteiger partial charge in [-0.15, -0.1) is 0 Å². The lowest BCUT2D eigenvalue weighted by Gasteiger charge is -2.10. The maximum Gasteiger partial charge on any atom is 0.314 e. The topological polar surface area (TPSA) is 50.1 Å². The molecule has 2 unspecified atom stereocenters. The Labute approximate surface area is 136 Å². The van der Waals surface area contributed by atoms with Crippen LogP contribution in [-0.2, 0) is 4.79 Å². The number of hydrogen-bond donors (Lipinski definition) is 0. The third kappa shape index (κ3) is 3.60. The lowest BCUT2D eigenvalue weighted by Crippen LogP contribution is -2.18. The number of benzene rings is 2. The zero-order valence-corrected chi connectivity index (χ0v) is 13.2. The van der Waals surface area contributed by atoms with Crippen molar-refractivity contribution in [3.63, 3.8) is 0 Å². The SMILES string of the molecule is CC1CCC(C(=O)Oc2ccc(-c3ccc(C#N)cc3)cc2)C1. The van der Waals surface area contributed by atoms with Gasteiger partial charge in [-0.25, -0.2) is 0 Å². The number of ether oxygens (including phenoxy) is 1. The molecule has 0 radical (unpaired) electrons. The van der Waals surface area contributed by atoms with E-state index in [2.05, 4.69) is 13.0 Å². The highest BCUT2D eigenvalue weighted by molar-refractivity contribution is 5.76. The zero-order valence-electron chi connectivity index (χ0n) is 13.2. The Hall–Kier alpha value is -2.60. The molecule has 0 aromatic heterocycles. The minimum Gasteiger partial charge on any atom is -0.426 e. The van der Waals surface area contributed by atoms with E-state index in [4.69, 9.17) is 10.00 Å². The summed E-state index contributed by atoms with van der Waals surface area (Å²) in [6.45, 7) is 2.18. The Morgan fingerprint density at radius 2 is 1.65 bits per heavy atom. The van der Waals surface area contributed by atoms with E-state index >= 15 is 0 Å². The van der Waals surface area contributed by atoms with E-state index in [-0.39, 0.29) is 11.9 Å². The summed E-state index contributed by atoms with van der Waals surface area (Å²) < 4.78 is 5.49. The number of hydrogen-bond acceptors (Lipinski definition) is 3. The molecule has 2 aromatic rings. The maximum atomic E-state index is 12.1. The van der Waals surface area contributed by atoms with Crippen LogP contribution in [-0.4, -0.2) is 5.97 Å². The van der Waals surface area contributed by atoms with Crippen LogP contribution in [0, 0.1) is 23.2 Å². The fraction of sp³-hybridized carbons (Fsp3) is 0.300. The highest BCUT2D eigenvalue weighted by Crippen LogP contribution is 2.32. The van der Waals surface area contributed by atoms with Gasteiger partial charge < -0.3 is 4.74 Å². The van der Waals surface area contributed by atoms with Crippen molar-refractivity contribution in [1.82, 2.24) is 0 Å². The van der Waals surface area contributed by atoms with Crippen LogP contribution in [0.2, 0.25) is 0 Å². The Morgan fingerprint density at radius 1 is 1.04 bits per heavy atom. The van der Waals surface area contributed by atoms with Crippen LogP contribution in [0.1, 0.15) is 31.7 Å². The summed E-state index contributed by atoms with van der Waals surface area (Å²) in [5.41, 5.74) is 2.71. The number of nitriles is 1. The van der Waals surface area contributed by atoms with Gasteiger partial charge >= 0.3 is 5.97 Å². The second kappa shape index (κ2) is 6.66. The van der Waals surface area contributed by atoms with Crippen molar-refractivity contribution in [3.05, 3.63) is 54.1 Å². The number of esters is 1. The van der Waals surface area contributed by atoms with Crippen molar-refractivity contribution >= 4 is 5.97 Å². The summed E-state index contributed by atoms with van der Waals surface area (Å²) in [4.78, 5) is 12.1. The molecule has 3 rings (SSSR count). The molecule has 2 aromatic carbocycles. The van der Waals surface area contributed by atoms with Gasteiger partial charge in [-0.3, -0.25) is 4.79 Å². The number of nitrogens with zero attached hydrogens (tertiary/aromatic N) is 1. The Balaban J connectivity index is 1.67. The molecule has 0 bridgehead atoms. The van der Waals surface area contributed by atoms with Gasteiger partial charge in [0, 0.05) is 0 Å². The fourth-order valence-electron chi connectivity index (χ4n) is 3.07. The van der Waals surface area contributed by atoms with Gasteiger partial charge in [0.2, 0.25) is 0 Å². The molecule has 1 aliphatic carbocycles. The molecule has 23 heavy (non-hydrogen) atoms. The first-order valence-corrected chi connectivity index (χ1v) is 7.98. The number of carbonyl (C=O) groups excluding carboxylic acids is 1. The zero-order chi connectivity index (χ0) is 16.2. The van der Waals surface area contributed by atoms with Gasteiger partial charge in [-0.1, -0.05) is 31.2 Å². The minimum atomic E-state index is -0.111. The molecule has 0 heterocycles. The second-order valence-electron chi connectivity index (χ2n) is 6.25. The molecule has 0 aliphatic heterocycles. The summed E-state index contributed by atoms with van der Waals surface area (Å²) in [5.74, 6) is 1.14. The molecule has 3 heteroatoms. The molecule has 116 valence electrons. The average Bonchev–Trinajstić information content (AvgIpc) is 3.02. The lowest BCUT2D eigenvalue weighted by atomic mass is 10.0. The standard InChI is InChI=1S/C20H19NO2/c1-14-2-5-18(12-14)20(22)23-19-10-8-17(9-11-19)16-6-3-15(13-21)4-7-16/h3-4,6-11,14,18H,2,5,12H2,1H3. The molecular weight excluding hydrogens is 286 g/mol. The molecule has 1 fully saturated rings. The van der Waals surface area contributed by atoms with Crippen LogP contribution in [0.5, 0.6) is 5.75 Å². The van der Waals surface area contributed by atoms with Crippen molar-refractivity contribution in [3.8, 4) is 22.9 Å². The first-order valence-electron chi connectivity index (χ1n) is 7.98. The first kappa shape index (κ1) is 15.3. The predicted molar refractivity (Wildman–Crippen MR) is 88.7 cm³/mol. The lowest BCUT2D eigenvalue weighted by molar-refractivity contribution is -0.138. The van der Waals surface area contributed by atoms with Crippen LogP contribution in [0.25, 0.3) is 11.1 Å². The van der Waals surface area contributed by atoms with Crippen molar-refractivity contribution < 1.29 is 9.53 Å². The van der Waals surface area contributed by atoms with E-state index < -0.39 is 0 Å². The van der Waals surface area contributed by atoms with Gasteiger partial charge in [-0.05, 0) is 60.6 Å². The molecule has 2 atom stereocenters. The maximum absolute atomic E-state index is 12.1. The second-order valence-corrected chi connectivity index (χ2v) is 6.25. The van der Waals surface area contributed by atoms with Gasteiger partial charge in [-0.2, -0.15) is 5.26 Å². The van der Waals surface area contributed by atoms with E-state index in [1.54, 1.807) is 12.1 Å². The van der Waals surface area contributed by atoms with Crippen molar-refractivity contribution in [2.75, 3.05) is 0 Å². The van der Waals surface area contributed by atoms with E-state index in [1.165, 1.54) is 0 Å². The average molecular weight is 305 g/mol. The highest BCUT2D eigenvalue weighted by atomic mass is 16.5. The largest absolute Gasteiger partial charge is 0.426 e. The van der Waals surface area contributed by atoms with Crippen LogP contribution in [0.3, 0.4) is 0 Å². The molecule has 0 saturated heterocycles. The van der Waals surface area contributed by atoms with E-state index in [9.17, 15) is 4.79 Å². The summed E-state index contributed by atoms with van der Waals surface area (Å²) >= 11 is 0. The predicted octanol–water partition coefficient (Wildman–Crippen LogP) is 4.57. The normalized spacial score (nSPS) is 20.0. The van der Waals surface area contributed by atoms with Gasteiger partial charge in [0.25, 0.3) is 0 Å². The molecule has 3 nitrogen and oxygen atoms in total. The molecule has 0 amide bonds. The van der Waals surface area contributed by atoms with Crippen molar-refractivity contribution in [1.29, 1.82) is 5.26 Å². The third-order valence-corrected chi connectivity index (χ3v) is 4.45. The molecule has 0 spiro atoms. The smallest absolute Gasteiger partial charge is 0.314 e. The summed E-state index contributed by atoms with van der Waals surface area (Å²) in [7, 11) is 0. The quantitative estimate of drug-likeness (QED) is 0.616. The number of carbonyl (C=O) groups is 1. The number of rotatable bonds is 3. The van der Waals surface area contributed by atoms with Crippen LogP contribution in [0.15, 0.2) is 48.5 Å². The van der Waals surface area contributed by atoms with Gasteiger partial charge in [0.1, 0.15) is 5.75 Å². The summed E-state index contributed by atoms with van der Waals surface area (Å²) in [6.07, 6.45) is 2.98. The summed E-state index contributed by atoms with van der Waals surface area (Å²) in [5, 5.41) is 8.83. The van der Waals surface area contributed by atoms with Crippen molar-refractivity contribution in [2.24, 2.45) is 11.8 Å². The molecule has 1 aliphatic rings. The summed E-state index contributed by atoms with van der Waals surface area (Å²) in [6, 6.07) is 17.0. The van der Waals surface area contributed by atoms with E-state index in [0.717, 1.165) is 30.4 Å². The Morgan fingerprint density at radius 3 is 2.17 bits per heavy atom. The van der Waals surface area contributed by atoms with Crippen LogP contribution in [0.4, 0.5) is 0 Å². The van der Waals surface area contributed by atoms with Gasteiger partial charge in [0.05, 0.1) is 17.6 Å². The Bertz CT molecular complexity index is 726. The molecule has 1 saturated carbocycles.